The van der Waals surface area contributed by atoms with Crippen LogP contribution in [0.3, 0.4) is 0 Å². The summed E-state index contributed by atoms with van der Waals surface area (Å²) in [6.07, 6.45) is -9.00. The van der Waals surface area contributed by atoms with Crippen LogP contribution in [0, 0.1) is 0 Å². The largest absolute Gasteiger partial charge is 0.463 e. The fourth-order valence-corrected chi connectivity index (χ4v) is 4.40. The lowest BCUT2D eigenvalue weighted by Gasteiger charge is -2.23. The third-order valence-corrected chi connectivity index (χ3v) is 5.78. The number of thioether (sulfide) groups is 1. The van der Waals surface area contributed by atoms with Crippen LogP contribution >= 0.6 is 11.8 Å². The molecule has 1 amide bonds. The minimum Gasteiger partial charge on any atom is -0.463 e. The Morgan fingerprint density at radius 3 is 2.29 bits per heavy atom. The maximum Gasteiger partial charge on any atom is 0.389 e. The SMILES string of the molecule is CC(=O)Nc1nc(SCCC(F)(F)F)nc2c1ncn2C1OC(COC(C)=O)[C@@H](OC(C)=O)[C@H]1OC(C)=O. The smallest absolute Gasteiger partial charge is 0.389 e. The molecule has 0 aromatic carbocycles. The Labute approximate surface area is 217 Å². The number of nitrogens with zero attached hydrogens (tertiary/aromatic N) is 4. The fraction of sp³-hybridized carbons (Fsp3) is 0.571. The second-order valence-electron chi connectivity index (χ2n) is 8.09. The molecule has 1 fully saturated rings. The summed E-state index contributed by atoms with van der Waals surface area (Å²) in [4.78, 5) is 59.4. The van der Waals surface area contributed by atoms with Gasteiger partial charge >= 0.3 is 24.1 Å². The summed E-state index contributed by atoms with van der Waals surface area (Å²) in [7, 11) is 0. The van der Waals surface area contributed by atoms with E-state index in [0.717, 1.165) is 13.8 Å². The van der Waals surface area contributed by atoms with Crippen molar-refractivity contribution in [2.24, 2.45) is 0 Å². The Morgan fingerprint density at radius 1 is 1.05 bits per heavy atom. The van der Waals surface area contributed by atoms with E-state index in [4.69, 9.17) is 18.9 Å². The van der Waals surface area contributed by atoms with E-state index in [2.05, 4.69) is 20.3 Å². The topological polar surface area (TPSA) is 161 Å². The summed E-state index contributed by atoms with van der Waals surface area (Å²) in [5.74, 6) is -3.07. The average molecular weight is 564 g/mol. The second-order valence-corrected chi connectivity index (χ2v) is 9.15. The van der Waals surface area contributed by atoms with Gasteiger partial charge in [0.05, 0.1) is 12.7 Å². The fourth-order valence-electron chi connectivity index (χ4n) is 3.58. The number of halogens is 3. The van der Waals surface area contributed by atoms with Gasteiger partial charge in [0.15, 0.2) is 40.6 Å². The number of amides is 1. The first-order valence-corrected chi connectivity index (χ1v) is 12.1. The van der Waals surface area contributed by atoms with E-state index in [-0.39, 0.29) is 28.7 Å². The molecule has 3 rings (SSSR count). The number of hydrogen-bond donors (Lipinski definition) is 1. The molecule has 3 heterocycles. The van der Waals surface area contributed by atoms with Crippen LogP contribution in [0.2, 0.25) is 0 Å². The standard InChI is InChI=1S/C21H24F3N5O8S/c1-9(30)26-17-14-18(28-20(27-17)38-6-5-21(22,23)24)29(8-25-14)19-16(36-12(4)33)15(35-11(3)32)13(37-19)7-34-10(2)31/h8,13,15-16,19H,5-7H2,1-4H3,(H,26,27,28,30)/t13?,15-,16-,19?/m1/s1. The van der Waals surface area contributed by atoms with Gasteiger partial charge in [-0.15, -0.1) is 0 Å². The van der Waals surface area contributed by atoms with Crippen molar-refractivity contribution < 1.29 is 51.3 Å². The first-order chi connectivity index (χ1) is 17.7. The molecule has 208 valence electrons. The lowest BCUT2D eigenvalue weighted by Crippen LogP contribution is -2.40. The number of carbonyl (C=O) groups excluding carboxylic acids is 4. The number of esters is 3. The van der Waals surface area contributed by atoms with E-state index in [1.807, 2.05) is 0 Å². The van der Waals surface area contributed by atoms with Crippen molar-refractivity contribution in [3.8, 4) is 0 Å². The Balaban J connectivity index is 2.06. The number of hydrogen-bond acceptors (Lipinski definition) is 12. The molecule has 1 N–H and O–H groups in total. The third-order valence-electron chi connectivity index (χ3n) is 4.93. The molecule has 0 radical (unpaired) electrons. The highest BCUT2D eigenvalue weighted by Crippen LogP contribution is 2.37. The highest BCUT2D eigenvalue weighted by molar-refractivity contribution is 7.99. The van der Waals surface area contributed by atoms with Crippen LogP contribution in [-0.2, 0) is 38.1 Å². The van der Waals surface area contributed by atoms with Crippen molar-refractivity contribution in [3.05, 3.63) is 6.33 Å². The number of carbonyl (C=O) groups is 4. The number of ether oxygens (including phenoxy) is 4. The zero-order chi connectivity index (χ0) is 28.2. The summed E-state index contributed by atoms with van der Waals surface area (Å²) in [5, 5.41) is 2.37. The highest BCUT2D eigenvalue weighted by Gasteiger charge is 2.51. The minimum absolute atomic E-state index is 0.0233. The summed E-state index contributed by atoms with van der Waals surface area (Å²) in [6.45, 7) is 4.28. The predicted octanol–water partition coefficient (Wildman–Crippen LogP) is 2.15. The van der Waals surface area contributed by atoms with Gasteiger partial charge in [-0.2, -0.15) is 13.2 Å². The summed E-state index contributed by atoms with van der Waals surface area (Å²) in [6, 6.07) is 0. The van der Waals surface area contributed by atoms with E-state index < -0.39 is 66.7 Å². The zero-order valence-corrected chi connectivity index (χ0v) is 21.4. The van der Waals surface area contributed by atoms with E-state index in [0.29, 0.717) is 11.8 Å². The zero-order valence-electron chi connectivity index (χ0n) is 20.6. The highest BCUT2D eigenvalue weighted by atomic mass is 32.2. The van der Waals surface area contributed by atoms with Gasteiger partial charge in [-0.05, 0) is 0 Å². The molecule has 13 nitrogen and oxygen atoms in total. The van der Waals surface area contributed by atoms with Crippen molar-refractivity contribution in [2.45, 2.75) is 70.0 Å². The van der Waals surface area contributed by atoms with Crippen molar-refractivity contribution >= 4 is 52.6 Å². The van der Waals surface area contributed by atoms with E-state index in [9.17, 15) is 32.3 Å². The maximum atomic E-state index is 12.7. The van der Waals surface area contributed by atoms with Crippen LogP contribution in [0.4, 0.5) is 19.0 Å². The van der Waals surface area contributed by atoms with Gasteiger partial charge in [-0.1, -0.05) is 11.8 Å². The molecule has 0 aliphatic carbocycles. The van der Waals surface area contributed by atoms with Crippen LogP contribution in [0.5, 0.6) is 0 Å². The van der Waals surface area contributed by atoms with Crippen molar-refractivity contribution in [1.82, 2.24) is 19.5 Å². The molecule has 2 aromatic rings. The van der Waals surface area contributed by atoms with E-state index >= 15 is 0 Å². The molecule has 2 aromatic heterocycles. The lowest BCUT2D eigenvalue weighted by atomic mass is 10.1. The van der Waals surface area contributed by atoms with Gasteiger partial charge in [-0.25, -0.2) is 15.0 Å². The molecule has 17 heteroatoms. The Kier molecular flexibility index (Phi) is 9.14. The molecule has 1 saturated heterocycles. The van der Waals surface area contributed by atoms with Gasteiger partial charge in [0.1, 0.15) is 12.7 Å². The molecule has 38 heavy (non-hydrogen) atoms. The first kappa shape index (κ1) is 29.1. The Morgan fingerprint density at radius 2 is 1.71 bits per heavy atom. The van der Waals surface area contributed by atoms with Crippen LogP contribution in [0.15, 0.2) is 11.5 Å². The molecular weight excluding hydrogens is 539 g/mol. The quantitative estimate of drug-likeness (QED) is 0.205. The minimum atomic E-state index is -4.39. The first-order valence-electron chi connectivity index (χ1n) is 11.1. The van der Waals surface area contributed by atoms with Gasteiger partial charge in [0, 0.05) is 33.4 Å². The molecule has 1 aliphatic rings. The van der Waals surface area contributed by atoms with Gasteiger partial charge in [-0.3, -0.25) is 23.7 Å². The number of imidazole rings is 1. The molecule has 0 spiro atoms. The molecule has 0 bridgehead atoms. The number of nitrogens with one attached hydrogen (secondary N) is 1. The second kappa shape index (κ2) is 11.9. The Bertz CT molecular complexity index is 1220. The Hall–Kier alpha value is -3.47. The summed E-state index contributed by atoms with van der Waals surface area (Å²) < 4.78 is 61.0. The number of alkyl halides is 3. The van der Waals surface area contributed by atoms with Crippen molar-refractivity contribution in [2.75, 3.05) is 17.7 Å². The molecule has 2 unspecified atom stereocenters. The third kappa shape index (κ3) is 7.53. The molecule has 4 atom stereocenters. The average Bonchev–Trinajstić information content (AvgIpc) is 3.32. The van der Waals surface area contributed by atoms with Crippen LogP contribution in [0.25, 0.3) is 11.2 Å². The van der Waals surface area contributed by atoms with Crippen LogP contribution in [-0.4, -0.2) is 80.2 Å². The molecule has 1 aliphatic heterocycles. The van der Waals surface area contributed by atoms with Gasteiger partial charge in [0.25, 0.3) is 0 Å². The van der Waals surface area contributed by atoms with Crippen LogP contribution < -0.4 is 5.32 Å². The van der Waals surface area contributed by atoms with Crippen LogP contribution in [0.1, 0.15) is 40.3 Å². The van der Waals surface area contributed by atoms with Crippen molar-refractivity contribution in [1.29, 1.82) is 0 Å². The number of aromatic nitrogens is 4. The molecular formula is C21H24F3N5O8S. The number of anilines is 1. The van der Waals surface area contributed by atoms with Crippen molar-refractivity contribution in [3.63, 3.8) is 0 Å². The normalized spacial score (nSPS) is 21.2. The number of fused-ring (bicyclic) bond motifs is 1. The number of rotatable bonds is 9. The molecule has 0 saturated carbocycles. The summed E-state index contributed by atoms with van der Waals surface area (Å²) >= 11 is 0.703. The maximum absolute atomic E-state index is 12.7. The van der Waals surface area contributed by atoms with Gasteiger partial charge in [0.2, 0.25) is 5.91 Å². The summed E-state index contributed by atoms with van der Waals surface area (Å²) in [5.41, 5.74) is 0.0909. The van der Waals surface area contributed by atoms with Gasteiger partial charge < -0.3 is 24.3 Å². The monoisotopic (exact) mass is 563 g/mol. The predicted molar refractivity (Wildman–Crippen MR) is 123 cm³/mol. The lowest BCUT2D eigenvalue weighted by molar-refractivity contribution is -0.166. The van der Waals surface area contributed by atoms with E-state index in [1.54, 1.807) is 0 Å². The van der Waals surface area contributed by atoms with E-state index in [1.165, 1.54) is 24.7 Å².